The van der Waals surface area contributed by atoms with Crippen LogP contribution >= 0.6 is 0 Å². The Balaban J connectivity index is 2.93. The van der Waals surface area contributed by atoms with Crippen molar-refractivity contribution in [2.75, 3.05) is 6.54 Å². The molecule has 0 saturated carbocycles. The summed E-state index contributed by atoms with van der Waals surface area (Å²) in [6.07, 6.45) is 15.0. The van der Waals surface area contributed by atoms with Crippen molar-refractivity contribution in [3.05, 3.63) is 0 Å². The normalized spacial score (nSPS) is 12.9. The van der Waals surface area contributed by atoms with E-state index in [4.69, 9.17) is 11.5 Å². The highest BCUT2D eigenvalue weighted by Gasteiger charge is 1.98. The minimum absolute atomic E-state index is 0.231. The fourth-order valence-electron chi connectivity index (χ4n) is 2.01. The zero-order valence-corrected chi connectivity index (χ0v) is 11.2. The molecule has 0 bridgehead atoms. The summed E-state index contributed by atoms with van der Waals surface area (Å²) in [5, 5.41) is 0. The molecule has 0 amide bonds. The quantitative estimate of drug-likeness (QED) is 0.502. The molecule has 1 atom stereocenters. The molecule has 0 aliphatic rings. The van der Waals surface area contributed by atoms with Crippen molar-refractivity contribution in [1.29, 1.82) is 0 Å². The Morgan fingerprint density at radius 2 is 1.19 bits per heavy atom. The Kier molecular flexibility index (Phi) is 12.9. The van der Waals surface area contributed by atoms with Gasteiger partial charge in [0.25, 0.3) is 0 Å². The van der Waals surface area contributed by atoms with Crippen LogP contribution in [0.2, 0.25) is 0 Å². The predicted octanol–water partition coefficient (Wildman–Crippen LogP) is 3.58. The van der Waals surface area contributed by atoms with E-state index in [-0.39, 0.29) is 6.04 Å². The fraction of sp³-hybridized carbons (Fsp3) is 1.00. The highest BCUT2D eigenvalue weighted by molar-refractivity contribution is 4.60. The first-order chi connectivity index (χ1) is 7.81. The van der Waals surface area contributed by atoms with Gasteiger partial charge in [-0.2, -0.15) is 0 Å². The Morgan fingerprint density at radius 3 is 1.62 bits per heavy atom. The molecule has 0 saturated heterocycles. The minimum Gasteiger partial charge on any atom is -0.329 e. The molecular formula is C14H32N2. The lowest BCUT2D eigenvalue weighted by Crippen LogP contribution is -2.29. The standard InChI is InChI=1S/C14H32N2/c1-2-3-4-5-6-7-8-9-10-11-12-14(16)13-15/h14H,2-13,15-16H2,1H3. The van der Waals surface area contributed by atoms with E-state index >= 15 is 0 Å². The van der Waals surface area contributed by atoms with E-state index in [0.29, 0.717) is 6.54 Å². The monoisotopic (exact) mass is 228 g/mol. The van der Waals surface area contributed by atoms with Crippen LogP contribution in [0.25, 0.3) is 0 Å². The van der Waals surface area contributed by atoms with Gasteiger partial charge in [0.2, 0.25) is 0 Å². The van der Waals surface area contributed by atoms with E-state index in [1.54, 1.807) is 0 Å². The molecule has 16 heavy (non-hydrogen) atoms. The summed E-state index contributed by atoms with van der Waals surface area (Å²) in [7, 11) is 0. The van der Waals surface area contributed by atoms with Gasteiger partial charge >= 0.3 is 0 Å². The van der Waals surface area contributed by atoms with E-state index in [9.17, 15) is 0 Å². The Labute approximate surface area is 102 Å². The lowest BCUT2D eigenvalue weighted by Gasteiger charge is -2.07. The molecular weight excluding hydrogens is 196 g/mol. The zero-order chi connectivity index (χ0) is 12.1. The number of unbranched alkanes of at least 4 members (excludes halogenated alkanes) is 9. The van der Waals surface area contributed by atoms with Gasteiger partial charge in [-0.3, -0.25) is 0 Å². The summed E-state index contributed by atoms with van der Waals surface area (Å²) < 4.78 is 0. The van der Waals surface area contributed by atoms with Crippen LogP contribution in [0.3, 0.4) is 0 Å². The first kappa shape index (κ1) is 15.9. The fourth-order valence-corrected chi connectivity index (χ4v) is 2.01. The van der Waals surface area contributed by atoms with Crippen LogP contribution < -0.4 is 11.5 Å². The minimum atomic E-state index is 0.231. The predicted molar refractivity (Wildman–Crippen MR) is 73.5 cm³/mol. The van der Waals surface area contributed by atoms with Crippen molar-refractivity contribution in [2.24, 2.45) is 11.5 Å². The van der Waals surface area contributed by atoms with Crippen LogP contribution in [0.15, 0.2) is 0 Å². The molecule has 0 fully saturated rings. The van der Waals surface area contributed by atoms with Gasteiger partial charge < -0.3 is 11.5 Å². The summed E-state index contributed by atoms with van der Waals surface area (Å²) in [6, 6.07) is 0.231. The average molecular weight is 228 g/mol. The maximum Gasteiger partial charge on any atom is 0.0163 e. The van der Waals surface area contributed by atoms with Gasteiger partial charge in [-0.15, -0.1) is 0 Å². The van der Waals surface area contributed by atoms with E-state index in [2.05, 4.69) is 6.92 Å². The zero-order valence-electron chi connectivity index (χ0n) is 11.2. The Hall–Kier alpha value is -0.0800. The van der Waals surface area contributed by atoms with E-state index in [1.807, 2.05) is 0 Å². The van der Waals surface area contributed by atoms with Gasteiger partial charge in [0.1, 0.15) is 0 Å². The van der Waals surface area contributed by atoms with Gasteiger partial charge in [-0.1, -0.05) is 71.1 Å². The van der Waals surface area contributed by atoms with Gasteiger partial charge in [0.05, 0.1) is 0 Å². The molecule has 0 aliphatic heterocycles. The highest BCUT2D eigenvalue weighted by Crippen LogP contribution is 2.11. The third kappa shape index (κ3) is 12.0. The van der Waals surface area contributed by atoms with E-state index < -0.39 is 0 Å². The van der Waals surface area contributed by atoms with E-state index in [1.165, 1.54) is 64.2 Å². The van der Waals surface area contributed by atoms with Gasteiger partial charge in [0.15, 0.2) is 0 Å². The largest absolute Gasteiger partial charge is 0.329 e. The Bertz CT molecular complexity index is 126. The molecule has 4 N–H and O–H groups in total. The number of nitrogens with two attached hydrogens (primary N) is 2. The summed E-state index contributed by atoms with van der Waals surface area (Å²) in [4.78, 5) is 0. The number of rotatable bonds is 12. The van der Waals surface area contributed by atoms with Crippen molar-refractivity contribution in [2.45, 2.75) is 83.6 Å². The number of hydrogen-bond acceptors (Lipinski definition) is 2. The van der Waals surface area contributed by atoms with Crippen LogP contribution in [0.5, 0.6) is 0 Å². The van der Waals surface area contributed by atoms with Crippen molar-refractivity contribution in [3.8, 4) is 0 Å². The smallest absolute Gasteiger partial charge is 0.0163 e. The SMILES string of the molecule is CCCCCCCCCCCCC(N)CN. The molecule has 98 valence electrons. The van der Waals surface area contributed by atoms with Crippen molar-refractivity contribution < 1.29 is 0 Å². The lowest BCUT2D eigenvalue weighted by molar-refractivity contribution is 0.524. The second-order valence-corrected chi connectivity index (χ2v) is 4.97. The summed E-state index contributed by atoms with van der Waals surface area (Å²) in [5.41, 5.74) is 11.2. The molecule has 0 aliphatic carbocycles. The molecule has 2 heteroatoms. The maximum atomic E-state index is 5.76. The van der Waals surface area contributed by atoms with Crippen LogP contribution in [-0.4, -0.2) is 12.6 Å². The van der Waals surface area contributed by atoms with E-state index in [0.717, 1.165) is 6.42 Å². The average Bonchev–Trinajstić information content (AvgIpc) is 2.31. The van der Waals surface area contributed by atoms with Gasteiger partial charge in [0, 0.05) is 12.6 Å². The van der Waals surface area contributed by atoms with Crippen LogP contribution in [0.4, 0.5) is 0 Å². The number of hydrogen-bond donors (Lipinski definition) is 2. The van der Waals surface area contributed by atoms with Crippen molar-refractivity contribution in [3.63, 3.8) is 0 Å². The van der Waals surface area contributed by atoms with Crippen LogP contribution in [-0.2, 0) is 0 Å². The van der Waals surface area contributed by atoms with Crippen LogP contribution in [0, 0.1) is 0 Å². The molecule has 2 nitrogen and oxygen atoms in total. The summed E-state index contributed by atoms with van der Waals surface area (Å²) in [6.45, 7) is 2.91. The Morgan fingerprint density at radius 1 is 0.750 bits per heavy atom. The third-order valence-electron chi connectivity index (χ3n) is 3.23. The third-order valence-corrected chi connectivity index (χ3v) is 3.23. The highest BCUT2D eigenvalue weighted by atomic mass is 14.7. The van der Waals surface area contributed by atoms with Gasteiger partial charge in [-0.25, -0.2) is 0 Å². The second-order valence-electron chi connectivity index (χ2n) is 4.97. The molecule has 0 radical (unpaired) electrons. The molecule has 0 aromatic rings. The van der Waals surface area contributed by atoms with Crippen LogP contribution in [0.1, 0.15) is 77.6 Å². The first-order valence-corrected chi connectivity index (χ1v) is 7.27. The summed E-state index contributed by atoms with van der Waals surface area (Å²) in [5.74, 6) is 0. The molecule has 0 spiro atoms. The van der Waals surface area contributed by atoms with Crippen molar-refractivity contribution in [1.82, 2.24) is 0 Å². The molecule has 0 aromatic heterocycles. The summed E-state index contributed by atoms with van der Waals surface area (Å²) >= 11 is 0. The molecule has 0 aromatic carbocycles. The lowest BCUT2D eigenvalue weighted by atomic mass is 10.0. The molecule has 0 heterocycles. The van der Waals surface area contributed by atoms with Crippen molar-refractivity contribution >= 4 is 0 Å². The first-order valence-electron chi connectivity index (χ1n) is 7.27. The second kappa shape index (κ2) is 13.0. The maximum absolute atomic E-state index is 5.76. The molecule has 1 unspecified atom stereocenters. The molecule has 0 rings (SSSR count). The van der Waals surface area contributed by atoms with Gasteiger partial charge in [-0.05, 0) is 6.42 Å². The topological polar surface area (TPSA) is 52.0 Å².